The fourth-order valence-electron chi connectivity index (χ4n) is 6.15. The predicted octanol–water partition coefficient (Wildman–Crippen LogP) is 6.61. The summed E-state index contributed by atoms with van der Waals surface area (Å²) in [7, 11) is 0. The van der Waals surface area contributed by atoms with Crippen LogP contribution in [-0.4, -0.2) is 87.5 Å². The monoisotopic (exact) mass is 672 g/mol. The molecule has 0 aromatic rings. The Kier molecular flexibility index (Phi) is 27.9. The Morgan fingerprint density at radius 2 is 1.17 bits per heavy atom. The second-order valence-electron chi connectivity index (χ2n) is 13.7. The molecule has 9 nitrogen and oxygen atoms in total. The van der Waals surface area contributed by atoms with Crippen LogP contribution in [0.15, 0.2) is 12.2 Å². The molecule has 1 saturated heterocycles. The van der Waals surface area contributed by atoms with E-state index in [1.165, 1.54) is 109 Å². The van der Waals surface area contributed by atoms with Crippen LogP contribution in [0.4, 0.5) is 0 Å². The number of aliphatic hydroxyl groups is 5. The summed E-state index contributed by atoms with van der Waals surface area (Å²) in [5, 5.41) is 53.8. The fourth-order valence-corrected chi connectivity index (χ4v) is 6.15. The van der Waals surface area contributed by atoms with Crippen molar-refractivity contribution in [2.24, 2.45) is 0 Å². The Labute approximate surface area is 286 Å². The third-order valence-corrected chi connectivity index (χ3v) is 9.36. The van der Waals surface area contributed by atoms with Crippen molar-refractivity contribution in [1.29, 1.82) is 0 Å². The second-order valence-corrected chi connectivity index (χ2v) is 13.7. The van der Waals surface area contributed by atoms with Gasteiger partial charge in [-0.3, -0.25) is 4.79 Å². The molecule has 278 valence electrons. The van der Waals surface area contributed by atoms with Gasteiger partial charge in [0.1, 0.15) is 24.4 Å². The summed E-state index contributed by atoms with van der Waals surface area (Å²) >= 11 is 0. The van der Waals surface area contributed by atoms with Crippen molar-refractivity contribution >= 4 is 5.91 Å². The number of allylic oxidation sites excluding steroid dienone is 1. The van der Waals surface area contributed by atoms with Crippen molar-refractivity contribution in [2.75, 3.05) is 13.2 Å². The molecule has 1 heterocycles. The van der Waals surface area contributed by atoms with E-state index in [1.54, 1.807) is 6.08 Å². The molecule has 0 radical (unpaired) electrons. The molecule has 0 saturated carbocycles. The normalized spacial score (nSPS) is 22.9. The maximum absolute atomic E-state index is 12.8. The van der Waals surface area contributed by atoms with Crippen molar-refractivity contribution in [3.05, 3.63) is 12.2 Å². The quantitative estimate of drug-likeness (QED) is 0.0357. The number of hydrogen-bond donors (Lipinski definition) is 6. The molecule has 0 aliphatic carbocycles. The van der Waals surface area contributed by atoms with Gasteiger partial charge in [-0.05, 0) is 19.3 Å². The van der Waals surface area contributed by atoms with Gasteiger partial charge in [-0.15, -0.1) is 0 Å². The highest BCUT2D eigenvalue weighted by Crippen LogP contribution is 2.22. The van der Waals surface area contributed by atoms with E-state index in [4.69, 9.17) is 9.47 Å². The number of rotatable bonds is 31. The first-order valence-corrected chi connectivity index (χ1v) is 19.4. The molecular formula is C38H73NO8. The molecule has 0 spiro atoms. The van der Waals surface area contributed by atoms with Crippen LogP contribution >= 0.6 is 0 Å². The number of carbonyl (C=O) groups excluding carboxylic acids is 1. The topological polar surface area (TPSA) is 149 Å². The Balaban J connectivity index is 2.46. The highest BCUT2D eigenvalue weighted by molar-refractivity contribution is 5.76. The SMILES string of the molecule is CCCCCCCCCCCCCC=C[C@H](O)[C@H](CO[C@H]1O[C@H](CO)[C@H](O)[C@H](O)[C@H]1O)NC(=O)CCCCCCCCCCCCC. The van der Waals surface area contributed by atoms with Crippen LogP contribution in [0, 0.1) is 0 Å². The molecule has 6 N–H and O–H groups in total. The van der Waals surface area contributed by atoms with Crippen LogP contribution in [-0.2, 0) is 14.3 Å². The van der Waals surface area contributed by atoms with Gasteiger partial charge in [0.15, 0.2) is 6.29 Å². The Hall–Kier alpha value is -1.07. The van der Waals surface area contributed by atoms with E-state index in [0.717, 1.165) is 38.5 Å². The number of nitrogens with one attached hydrogen (secondary N) is 1. The molecule has 7 atom stereocenters. The van der Waals surface area contributed by atoms with E-state index in [-0.39, 0.29) is 12.5 Å². The smallest absolute Gasteiger partial charge is 0.220 e. The summed E-state index contributed by atoms with van der Waals surface area (Å²) in [5.74, 6) is -0.179. The lowest BCUT2D eigenvalue weighted by Crippen LogP contribution is -2.60. The van der Waals surface area contributed by atoms with Gasteiger partial charge in [0, 0.05) is 6.42 Å². The van der Waals surface area contributed by atoms with Crippen LogP contribution in [0.2, 0.25) is 0 Å². The zero-order valence-electron chi connectivity index (χ0n) is 30.0. The first kappa shape index (κ1) is 44.0. The Bertz CT molecular complexity index is 751. The fraction of sp³-hybridized carbons (Fsp3) is 0.921. The highest BCUT2D eigenvalue weighted by Gasteiger charge is 2.44. The molecule has 1 fully saturated rings. The molecule has 1 rings (SSSR count). The number of aliphatic hydroxyl groups excluding tert-OH is 5. The summed E-state index contributed by atoms with van der Waals surface area (Å²) < 4.78 is 11.1. The van der Waals surface area contributed by atoms with E-state index < -0.39 is 49.5 Å². The average molecular weight is 672 g/mol. The number of unbranched alkanes of at least 4 members (excludes halogenated alkanes) is 21. The minimum absolute atomic E-state index is 0.179. The largest absolute Gasteiger partial charge is 0.394 e. The number of hydrogen-bond acceptors (Lipinski definition) is 8. The first-order valence-electron chi connectivity index (χ1n) is 19.4. The summed E-state index contributed by atoms with van der Waals surface area (Å²) in [6.07, 6.45) is 23.9. The third kappa shape index (κ3) is 21.6. The third-order valence-electron chi connectivity index (χ3n) is 9.36. The van der Waals surface area contributed by atoms with Gasteiger partial charge < -0.3 is 40.3 Å². The minimum Gasteiger partial charge on any atom is -0.394 e. The zero-order valence-corrected chi connectivity index (χ0v) is 30.0. The van der Waals surface area contributed by atoms with Gasteiger partial charge in [0.2, 0.25) is 5.91 Å². The van der Waals surface area contributed by atoms with Crippen molar-refractivity contribution in [3.63, 3.8) is 0 Å². The van der Waals surface area contributed by atoms with E-state index in [9.17, 15) is 30.3 Å². The summed E-state index contributed by atoms with van der Waals surface area (Å²) in [5.41, 5.74) is 0. The van der Waals surface area contributed by atoms with E-state index in [0.29, 0.717) is 6.42 Å². The van der Waals surface area contributed by atoms with Crippen LogP contribution < -0.4 is 5.32 Å². The van der Waals surface area contributed by atoms with Crippen LogP contribution in [0.25, 0.3) is 0 Å². The van der Waals surface area contributed by atoms with Crippen LogP contribution in [0.3, 0.4) is 0 Å². The maximum atomic E-state index is 12.8. The molecule has 0 aromatic heterocycles. The molecular weight excluding hydrogens is 598 g/mol. The molecule has 47 heavy (non-hydrogen) atoms. The number of amides is 1. The van der Waals surface area contributed by atoms with Gasteiger partial charge in [-0.1, -0.05) is 154 Å². The van der Waals surface area contributed by atoms with Gasteiger partial charge in [0.05, 0.1) is 25.4 Å². The van der Waals surface area contributed by atoms with E-state index in [2.05, 4.69) is 19.2 Å². The molecule has 9 heteroatoms. The van der Waals surface area contributed by atoms with Crippen LogP contribution in [0.1, 0.15) is 168 Å². The number of ether oxygens (including phenoxy) is 2. The van der Waals surface area contributed by atoms with Crippen molar-refractivity contribution in [3.8, 4) is 0 Å². The van der Waals surface area contributed by atoms with Crippen LogP contribution in [0.5, 0.6) is 0 Å². The summed E-state index contributed by atoms with van der Waals surface area (Å²) in [6.45, 7) is 3.74. The number of carbonyl (C=O) groups is 1. The lowest BCUT2D eigenvalue weighted by molar-refractivity contribution is -0.302. The van der Waals surface area contributed by atoms with Crippen molar-refractivity contribution in [2.45, 2.75) is 211 Å². The lowest BCUT2D eigenvalue weighted by Gasteiger charge is -2.40. The predicted molar refractivity (Wildman–Crippen MR) is 189 cm³/mol. The van der Waals surface area contributed by atoms with Gasteiger partial charge >= 0.3 is 0 Å². The minimum atomic E-state index is -1.56. The molecule has 1 aliphatic heterocycles. The summed E-state index contributed by atoms with van der Waals surface area (Å²) in [6, 6.07) is -0.795. The average Bonchev–Trinajstić information content (AvgIpc) is 3.07. The molecule has 1 aliphatic rings. The molecule has 1 amide bonds. The standard InChI is InChI=1S/C38H73NO8/c1-3-5-7-9-11-13-15-16-18-19-21-23-25-27-32(41)31(30-46-38-37(45)36(44)35(43)33(29-40)47-38)39-34(42)28-26-24-22-20-17-14-12-10-8-6-4-2/h25,27,31-33,35-38,40-41,43-45H,3-24,26,28-30H2,1-2H3,(H,39,42)/t31-,32-,33+,35-,36-,37+,38-/m0/s1. The first-order chi connectivity index (χ1) is 22.8. The van der Waals surface area contributed by atoms with Gasteiger partial charge in [0.25, 0.3) is 0 Å². The molecule has 0 unspecified atom stereocenters. The maximum Gasteiger partial charge on any atom is 0.220 e. The lowest BCUT2D eigenvalue weighted by atomic mass is 9.99. The summed E-state index contributed by atoms with van der Waals surface area (Å²) in [4.78, 5) is 12.8. The zero-order chi connectivity index (χ0) is 34.5. The van der Waals surface area contributed by atoms with Gasteiger partial charge in [-0.25, -0.2) is 0 Å². The Morgan fingerprint density at radius 1 is 0.702 bits per heavy atom. The van der Waals surface area contributed by atoms with Crippen molar-refractivity contribution in [1.82, 2.24) is 5.32 Å². The van der Waals surface area contributed by atoms with Gasteiger partial charge in [-0.2, -0.15) is 0 Å². The molecule has 0 aromatic carbocycles. The highest BCUT2D eigenvalue weighted by atomic mass is 16.7. The van der Waals surface area contributed by atoms with E-state index >= 15 is 0 Å². The Morgan fingerprint density at radius 3 is 1.66 bits per heavy atom. The second kappa shape index (κ2) is 29.8. The van der Waals surface area contributed by atoms with E-state index in [1.807, 2.05) is 6.08 Å². The van der Waals surface area contributed by atoms with Crippen molar-refractivity contribution < 1.29 is 39.8 Å². The molecule has 0 bridgehead atoms.